The van der Waals surface area contributed by atoms with Crippen LogP contribution in [-0.4, -0.2) is 38.9 Å². The Hall–Kier alpha value is -1.66. The third-order valence-electron chi connectivity index (χ3n) is 2.02. The predicted octanol–water partition coefficient (Wildman–Crippen LogP) is -0.682. The Kier molecular flexibility index (Phi) is 4.21. The maximum absolute atomic E-state index is 10.6. The quantitative estimate of drug-likeness (QED) is 0.544. The van der Waals surface area contributed by atoms with Crippen LogP contribution in [0.25, 0.3) is 0 Å². The minimum absolute atomic E-state index is 0.0136. The van der Waals surface area contributed by atoms with Crippen LogP contribution < -0.4 is 5.32 Å². The average molecular weight is 226 g/mol. The van der Waals surface area contributed by atoms with Gasteiger partial charge in [-0.1, -0.05) is 0 Å². The number of aliphatic hydroxyl groups is 2. The Morgan fingerprint density at radius 3 is 2.81 bits per heavy atom. The maximum atomic E-state index is 10.6. The summed E-state index contributed by atoms with van der Waals surface area (Å²) >= 11 is 0. The number of amides is 1. The smallest absolute Gasteiger partial charge is 0.216 e. The first kappa shape index (κ1) is 12.4. The summed E-state index contributed by atoms with van der Waals surface area (Å²) < 4.78 is 0. The fourth-order valence-electron chi connectivity index (χ4n) is 1.18. The van der Waals surface area contributed by atoms with Crippen molar-refractivity contribution in [2.45, 2.75) is 19.1 Å². The number of aliphatic hydroxyl groups excluding tert-OH is 2. The number of carbonyl (C=O) groups is 1. The highest BCUT2D eigenvalue weighted by molar-refractivity contribution is 5.72. The average Bonchev–Trinajstić information content (AvgIpc) is 2.25. The Morgan fingerprint density at radius 2 is 2.25 bits per heavy atom. The summed E-state index contributed by atoms with van der Waals surface area (Å²) in [6, 6.07) is 2.86. The van der Waals surface area contributed by atoms with Gasteiger partial charge in [0, 0.05) is 19.7 Å². The van der Waals surface area contributed by atoms with Gasteiger partial charge in [-0.2, -0.15) is 0 Å². The van der Waals surface area contributed by atoms with Crippen LogP contribution in [0.15, 0.2) is 18.3 Å². The summed E-state index contributed by atoms with van der Waals surface area (Å²) in [5.74, 6) is -0.506. The van der Waals surface area contributed by atoms with Gasteiger partial charge < -0.3 is 20.6 Å². The summed E-state index contributed by atoms with van der Waals surface area (Å²) in [6.07, 6.45) is -1.17. The predicted molar refractivity (Wildman–Crippen MR) is 55.6 cm³/mol. The number of carbonyl (C=O) groups excluding carboxylic acids is 1. The van der Waals surface area contributed by atoms with E-state index in [4.69, 9.17) is 0 Å². The van der Waals surface area contributed by atoms with Gasteiger partial charge in [-0.3, -0.25) is 9.78 Å². The van der Waals surface area contributed by atoms with Gasteiger partial charge in [0.15, 0.2) is 0 Å². The molecule has 1 amide bonds. The van der Waals surface area contributed by atoms with Crippen LogP contribution in [0, 0.1) is 0 Å². The first-order valence-electron chi connectivity index (χ1n) is 4.77. The largest absolute Gasteiger partial charge is 0.506 e. The highest BCUT2D eigenvalue weighted by atomic mass is 16.3. The topological polar surface area (TPSA) is 103 Å². The fourth-order valence-corrected chi connectivity index (χ4v) is 1.18. The molecule has 0 saturated carbocycles. The van der Waals surface area contributed by atoms with Crippen molar-refractivity contribution in [3.8, 4) is 5.75 Å². The van der Waals surface area contributed by atoms with Crippen molar-refractivity contribution in [3.05, 3.63) is 24.0 Å². The zero-order valence-corrected chi connectivity index (χ0v) is 8.79. The normalized spacial score (nSPS) is 14.2. The molecule has 0 fully saturated rings. The lowest BCUT2D eigenvalue weighted by Crippen LogP contribution is -2.34. The molecule has 0 aliphatic carbocycles. The van der Waals surface area contributed by atoms with E-state index >= 15 is 0 Å². The number of pyridine rings is 1. The molecular formula is C10H14N2O4. The van der Waals surface area contributed by atoms with Gasteiger partial charge in [0.2, 0.25) is 5.91 Å². The molecule has 2 unspecified atom stereocenters. The van der Waals surface area contributed by atoms with Crippen LogP contribution in [0.3, 0.4) is 0 Å². The van der Waals surface area contributed by atoms with Gasteiger partial charge in [-0.05, 0) is 12.1 Å². The highest BCUT2D eigenvalue weighted by Crippen LogP contribution is 2.23. The first-order chi connectivity index (χ1) is 7.52. The number of nitrogens with zero attached hydrogens (tertiary/aromatic N) is 1. The van der Waals surface area contributed by atoms with Gasteiger partial charge in [-0.25, -0.2) is 0 Å². The van der Waals surface area contributed by atoms with E-state index < -0.39 is 12.2 Å². The van der Waals surface area contributed by atoms with E-state index in [1.54, 1.807) is 0 Å². The summed E-state index contributed by atoms with van der Waals surface area (Å²) in [5, 5.41) is 30.9. The van der Waals surface area contributed by atoms with E-state index in [1.165, 1.54) is 25.3 Å². The number of aromatic hydroxyl groups is 1. The van der Waals surface area contributed by atoms with Gasteiger partial charge in [0.1, 0.15) is 23.7 Å². The van der Waals surface area contributed by atoms with Crippen molar-refractivity contribution in [2.24, 2.45) is 0 Å². The van der Waals surface area contributed by atoms with Gasteiger partial charge >= 0.3 is 0 Å². The zero-order chi connectivity index (χ0) is 12.1. The lowest BCUT2D eigenvalue weighted by atomic mass is 10.1. The van der Waals surface area contributed by atoms with Crippen LogP contribution >= 0.6 is 0 Å². The highest BCUT2D eigenvalue weighted by Gasteiger charge is 2.22. The number of aromatic nitrogens is 1. The van der Waals surface area contributed by atoms with Crippen molar-refractivity contribution >= 4 is 5.91 Å². The SMILES string of the molecule is CC(=O)NCC(O)C(O)c1ncccc1O. The lowest BCUT2D eigenvalue weighted by Gasteiger charge is -2.17. The summed E-state index contributed by atoms with van der Waals surface area (Å²) in [4.78, 5) is 14.4. The van der Waals surface area contributed by atoms with E-state index in [0.29, 0.717) is 0 Å². The second-order valence-corrected chi connectivity index (χ2v) is 3.36. The van der Waals surface area contributed by atoms with E-state index in [2.05, 4.69) is 10.3 Å². The molecular weight excluding hydrogens is 212 g/mol. The molecule has 2 atom stereocenters. The molecule has 1 aromatic rings. The van der Waals surface area contributed by atoms with Crippen molar-refractivity contribution < 1.29 is 20.1 Å². The van der Waals surface area contributed by atoms with Crippen molar-refractivity contribution in [1.82, 2.24) is 10.3 Å². The van der Waals surface area contributed by atoms with Gasteiger partial charge in [0.25, 0.3) is 0 Å². The molecule has 0 saturated heterocycles. The second kappa shape index (κ2) is 5.43. The molecule has 0 bridgehead atoms. The van der Waals surface area contributed by atoms with Gasteiger partial charge in [-0.15, -0.1) is 0 Å². The summed E-state index contributed by atoms with van der Waals surface area (Å²) in [7, 11) is 0. The van der Waals surface area contributed by atoms with Gasteiger partial charge in [0.05, 0.1) is 0 Å². The van der Waals surface area contributed by atoms with Crippen LogP contribution in [0.1, 0.15) is 18.7 Å². The second-order valence-electron chi connectivity index (χ2n) is 3.36. The molecule has 4 N–H and O–H groups in total. The molecule has 16 heavy (non-hydrogen) atoms. The molecule has 88 valence electrons. The molecule has 1 aromatic heterocycles. The lowest BCUT2D eigenvalue weighted by molar-refractivity contribution is -0.119. The number of rotatable bonds is 4. The summed E-state index contributed by atoms with van der Waals surface area (Å²) in [6.45, 7) is 1.20. The Morgan fingerprint density at radius 1 is 1.56 bits per heavy atom. The van der Waals surface area contributed by atoms with E-state index in [9.17, 15) is 20.1 Å². The Balaban J connectivity index is 2.66. The van der Waals surface area contributed by atoms with E-state index in [1.807, 2.05) is 0 Å². The zero-order valence-electron chi connectivity index (χ0n) is 8.79. The maximum Gasteiger partial charge on any atom is 0.216 e. The van der Waals surface area contributed by atoms with Crippen molar-refractivity contribution in [1.29, 1.82) is 0 Å². The molecule has 0 aliphatic rings. The number of hydrogen-bond donors (Lipinski definition) is 4. The molecule has 0 aromatic carbocycles. The first-order valence-corrected chi connectivity index (χ1v) is 4.77. The monoisotopic (exact) mass is 226 g/mol. The molecule has 1 rings (SSSR count). The molecule has 6 heteroatoms. The third kappa shape index (κ3) is 3.18. The Labute approximate surface area is 92.6 Å². The van der Waals surface area contributed by atoms with Crippen molar-refractivity contribution in [2.75, 3.05) is 6.54 Å². The molecule has 1 heterocycles. The minimum atomic E-state index is -1.34. The molecule has 0 radical (unpaired) electrons. The standard InChI is InChI=1S/C10H14N2O4/c1-6(13)12-5-8(15)10(16)9-7(14)3-2-4-11-9/h2-4,8,10,14-16H,5H2,1H3,(H,12,13). The van der Waals surface area contributed by atoms with Crippen LogP contribution in [0.4, 0.5) is 0 Å². The van der Waals surface area contributed by atoms with Crippen LogP contribution in [-0.2, 0) is 4.79 Å². The van der Waals surface area contributed by atoms with E-state index in [0.717, 1.165) is 0 Å². The molecule has 0 spiro atoms. The van der Waals surface area contributed by atoms with Crippen LogP contribution in [0.5, 0.6) is 5.75 Å². The molecule has 6 nitrogen and oxygen atoms in total. The molecule has 0 aliphatic heterocycles. The Bertz CT molecular complexity index is 370. The fraction of sp³-hybridized carbons (Fsp3) is 0.400. The third-order valence-corrected chi connectivity index (χ3v) is 2.02. The van der Waals surface area contributed by atoms with Crippen LogP contribution in [0.2, 0.25) is 0 Å². The van der Waals surface area contributed by atoms with E-state index in [-0.39, 0.29) is 23.9 Å². The summed E-state index contributed by atoms with van der Waals surface area (Å²) in [5.41, 5.74) is -0.0136. The number of hydrogen-bond acceptors (Lipinski definition) is 5. The van der Waals surface area contributed by atoms with Crippen molar-refractivity contribution in [3.63, 3.8) is 0 Å². The minimum Gasteiger partial charge on any atom is -0.506 e. The number of nitrogens with one attached hydrogen (secondary N) is 1.